The average Bonchev–Trinajstić information content (AvgIpc) is 3.40. The summed E-state index contributed by atoms with van der Waals surface area (Å²) in [5, 5.41) is 0. The Hall–Kier alpha value is -4.45. The molecule has 0 amide bonds. The van der Waals surface area contributed by atoms with Crippen LogP contribution in [0.3, 0.4) is 0 Å². The van der Waals surface area contributed by atoms with Crippen LogP contribution in [0.1, 0.15) is 258 Å². The molecule has 0 saturated heterocycles. The summed E-state index contributed by atoms with van der Waals surface area (Å²) in [7, 11) is 0. The van der Waals surface area contributed by atoms with E-state index in [4.69, 9.17) is 14.2 Å². The Balaban J connectivity index is 4.51. The quantitative estimate of drug-likeness (QED) is 0.0261. The molecule has 1 atom stereocenters. The fourth-order valence-electron chi connectivity index (χ4n) is 7.94. The molecule has 0 aliphatic carbocycles. The van der Waals surface area contributed by atoms with E-state index in [0.717, 1.165) is 141 Å². The number of carbonyl (C=O) groups excluding carboxylic acids is 3. The fourth-order valence-corrected chi connectivity index (χ4v) is 7.94. The van der Waals surface area contributed by atoms with E-state index < -0.39 is 6.10 Å². The molecular formula is C68H110O6. The standard InChI is InChI=1S/C68H110O6/c1-4-7-10-13-16-19-22-25-28-30-32-34-36-38-40-43-46-49-52-55-58-61-67(70)73-64-65(63-72-66(69)60-57-54-51-48-45-42-27-24-21-18-15-12-9-6-3)74-68(71)62-59-56-53-50-47-44-41-39-37-35-33-31-29-26-23-20-17-14-11-8-5-2/h7-8,10-11,16-17,19-20,25-26,28-29,32-35,38-41,46,49,65H,4-6,9,12-15,18,21-24,27,30-31,36-37,42-45,47-48,50-64H2,1-3H3/b10-7-,11-8-,19-16-,20-17-,28-25-,29-26-,34-32-,35-33-,40-38-,41-39-,49-46-. The van der Waals surface area contributed by atoms with Crippen molar-refractivity contribution in [3.8, 4) is 0 Å². The molecule has 0 bridgehead atoms. The Morgan fingerprint density at radius 1 is 0.284 bits per heavy atom. The lowest BCUT2D eigenvalue weighted by Gasteiger charge is -2.18. The molecule has 0 rings (SSSR count). The van der Waals surface area contributed by atoms with Crippen LogP contribution in [-0.2, 0) is 28.6 Å². The van der Waals surface area contributed by atoms with Gasteiger partial charge in [-0.15, -0.1) is 0 Å². The molecule has 6 heteroatoms. The minimum Gasteiger partial charge on any atom is -0.462 e. The highest BCUT2D eigenvalue weighted by atomic mass is 16.6. The van der Waals surface area contributed by atoms with Crippen molar-refractivity contribution in [3.05, 3.63) is 134 Å². The van der Waals surface area contributed by atoms with Crippen molar-refractivity contribution < 1.29 is 28.6 Å². The van der Waals surface area contributed by atoms with Crippen LogP contribution in [0.4, 0.5) is 0 Å². The van der Waals surface area contributed by atoms with E-state index in [2.05, 4.69) is 154 Å². The third-order valence-corrected chi connectivity index (χ3v) is 12.4. The van der Waals surface area contributed by atoms with Gasteiger partial charge in [-0.05, 0) is 116 Å². The molecule has 74 heavy (non-hydrogen) atoms. The number of hydrogen-bond acceptors (Lipinski definition) is 6. The third kappa shape index (κ3) is 58.4. The van der Waals surface area contributed by atoms with Gasteiger partial charge in [-0.1, -0.05) is 257 Å². The van der Waals surface area contributed by atoms with Gasteiger partial charge in [-0.25, -0.2) is 0 Å². The summed E-state index contributed by atoms with van der Waals surface area (Å²) in [4.78, 5) is 38.2. The zero-order valence-electron chi connectivity index (χ0n) is 47.8. The van der Waals surface area contributed by atoms with Crippen LogP contribution < -0.4 is 0 Å². The van der Waals surface area contributed by atoms with Crippen molar-refractivity contribution >= 4 is 17.9 Å². The van der Waals surface area contributed by atoms with Gasteiger partial charge in [-0.2, -0.15) is 0 Å². The first-order valence-corrected chi connectivity index (χ1v) is 30.2. The smallest absolute Gasteiger partial charge is 0.306 e. The van der Waals surface area contributed by atoms with Crippen molar-refractivity contribution in [2.24, 2.45) is 0 Å². The Kier molecular flexibility index (Phi) is 57.4. The summed E-state index contributed by atoms with van der Waals surface area (Å²) in [6.07, 6.45) is 85.8. The predicted octanol–water partition coefficient (Wildman–Crippen LogP) is 20.6. The number of esters is 3. The number of unbranched alkanes of at least 4 members (excludes halogenated alkanes) is 20. The number of hydrogen-bond donors (Lipinski definition) is 0. The largest absolute Gasteiger partial charge is 0.462 e. The van der Waals surface area contributed by atoms with Gasteiger partial charge in [0.2, 0.25) is 0 Å². The topological polar surface area (TPSA) is 78.9 Å². The summed E-state index contributed by atoms with van der Waals surface area (Å²) < 4.78 is 16.9. The second-order valence-electron chi connectivity index (χ2n) is 19.5. The van der Waals surface area contributed by atoms with Gasteiger partial charge in [0, 0.05) is 19.3 Å². The van der Waals surface area contributed by atoms with Crippen LogP contribution in [0.25, 0.3) is 0 Å². The Morgan fingerprint density at radius 2 is 0.527 bits per heavy atom. The van der Waals surface area contributed by atoms with Crippen molar-refractivity contribution in [1.29, 1.82) is 0 Å². The molecule has 0 spiro atoms. The molecule has 0 aromatic heterocycles. The van der Waals surface area contributed by atoms with Gasteiger partial charge >= 0.3 is 17.9 Å². The third-order valence-electron chi connectivity index (χ3n) is 12.4. The van der Waals surface area contributed by atoms with Gasteiger partial charge in [-0.3, -0.25) is 14.4 Å². The maximum absolute atomic E-state index is 12.9. The van der Waals surface area contributed by atoms with Crippen molar-refractivity contribution in [1.82, 2.24) is 0 Å². The molecule has 0 aliphatic rings. The first-order chi connectivity index (χ1) is 36.5. The average molecular weight is 1020 g/mol. The molecular weight excluding hydrogens is 913 g/mol. The lowest BCUT2D eigenvalue weighted by atomic mass is 10.0. The monoisotopic (exact) mass is 1020 g/mol. The Morgan fingerprint density at radius 3 is 0.851 bits per heavy atom. The molecule has 0 aromatic carbocycles. The van der Waals surface area contributed by atoms with Gasteiger partial charge < -0.3 is 14.2 Å². The molecule has 0 heterocycles. The first kappa shape index (κ1) is 69.5. The minimum atomic E-state index is -0.811. The van der Waals surface area contributed by atoms with Crippen molar-refractivity contribution in [3.63, 3.8) is 0 Å². The minimum absolute atomic E-state index is 0.102. The maximum atomic E-state index is 12.9. The second kappa shape index (κ2) is 61.1. The molecule has 6 nitrogen and oxygen atoms in total. The van der Waals surface area contributed by atoms with Crippen LogP contribution in [-0.4, -0.2) is 37.2 Å². The molecule has 418 valence electrons. The van der Waals surface area contributed by atoms with Gasteiger partial charge in [0.1, 0.15) is 13.2 Å². The van der Waals surface area contributed by atoms with E-state index in [1.807, 2.05) is 0 Å². The summed E-state index contributed by atoms with van der Waals surface area (Å²) >= 11 is 0. The summed E-state index contributed by atoms with van der Waals surface area (Å²) in [6, 6.07) is 0. The van der Waals surface area contributed by atoms with E-state index in [1.165, 1.54) is 70.6 Å². The highest BCUT2D eigenvalue weighted by Gasteiger charge is 2.19. The van der Waals surface area contributed by atoms with E-state index in [0.29, 0.717) is 25.7 Å². The summed E-state index contributed by atoms with van der Waals surface area (Å²) in [5.41, 5.74) is 0. The predicted molar refractivity (Wildman–Crippen MR) is 320 cm³/mol. The van der Waals surface area contributed by atoms with Crippen LogP contribution in [0.15, 0.2) is 134 Å². The summed E-state index contributed by atoms with van der Waals surface area (Å²) in [5.74, 6) is -0.966. The molecule has 0 aliphatic heterocycles. The molecule has 0 fully saturated rings. The fraction of sp³-hybridized carbons (Fsp3) is 0.632. The second-order valence-corrected chi connectivity index (χ2v) is 19.5. The van der Waals surface area contributed by atoms with Gasteiger partial charge in [0.25, 0.3) is 0 Å². The van der Waals surface area contributed by atoms with Crippen LogP contribution in [0.2, 0.25) is 0 Å². The molecule has 0 radical (unpaired) electrons. The lowest BCUT2D eigenvalue weighted by molar-refractivity contribution is -0.167. The molecule has 1 unspecified atom stereocenters. The molecule has 0 saturated carbocycles. The number of allylic oxidation sites excluding steroid dienone is 22. The highest BCUT2D eigenvalue weighted by molar-refractivity contribution is 5.71. The SMILES string of the molecule is CC/C=C\C/C=C\C/C=C\C/C=C\C/C=C\C/C=C\CCCCC(=O)OCC(COC(=O)CCCCCCCCCCCCCCCC)OC(=O)CCCCCCC/C=C\C/C=C\C/C=C\C/C=C\C/C=C\CC. The van der Waals surface area contributed by atoms with E-state index in [9.17, 15) is 14.4 Å². The van der Waals surface area contributed by atoms with Crippen LogP contribution in [0, 0.1) is 0 Å². The van der Waals surface area contributed by atoms with Gasteiger partial charge in [0.05, 0.1) is 0 Å². The highest BCUT2D eigenvalue weighted by Crippen LogP contribution is 2.15. The zero-order chi connectivity index (χ0) is 53.6. The van der Waals surface area contributed by atoms with E-state index in [-0.39, 0.29) is 31.1 Å². The van der Waals surface area contributed by atoms with E-state index in [1.54, 1.807) is 0 Å². The number of rotatable bonds is 53. The van der Waals surface area contributed by atoms with Crippen LogP contribution in [0.5, 0.6) is 0 Å². The van der Waals surface area contributed by atoms with Crippen LogP contribution >= 0.6 is 0 Å². The van der Waals surface area contributed by atoms with E-state index >= 15 is 0 Å². The first-order valence-electron chi connectivity index (χ1n) is 30.2. The van der Waals surface area contributed by atoms with Crippen molar-refractivity contribution in [2.75, 3.05) is 13.2 Å². The van der Waals surface area contributed by atoms with Crippen molar-refractivity contribution in [2.45, 2.75) is 264 Å². The maximum Gasteiger partial charge on any atom is 0.306 e. The van der Waals surface area contributed by atoms with Gasteiger partial charge in [0.15, 0.2) is 6.10 Å². The number of carbonyl (C=O) groups is 3. The molecule has 0 aromatic rings. The normalized spacial score (nSPS) is 13.1. The zero-order valence-corrected chi connectivity index (χ0v) is 47.8. The summed E-state index contributed by atoms with van der Waals surface area (Å²) in [6.45, 7) is 6.36. The lowest BCUT2D eigenvalue weighted by Crippen LogP contribution is -2.30. The Bertz CT molecular complexity index is 1600. The molecule has 0 N–H and O–H groups in total. The Labute approximate surface area is 455 Å². The number of ether oxygens (including phenoxy) is 3.